The summed E-state index contributed by atoms with van der Waals surface area (Å²) in [4.78, 5) is 26.2. The van der Waals surface area contributed by atoms with E-state index >= 15 is 0 Å². The molecule has 0 aliphatic heterocycles. The van der Waals surface area contributed by atoms with Gasteiger partial charge in [-0.2, -0.15) is 0 Å². The molecule has 0 saturated heterocycles. The first kappa shape index (κ1) is 25.5. The number of halogens is 1. The molecule has 6 heteroatoms. The van der Waals surface area contributed by atoms with Crippen LogP contribution in [0, 0.1) is 0 Å². The minimum Gasteiger partial charge on any atom is -0.478 e. The van der Waals surface area contributed by atoms with E-state index in [1.54, 1.807) is 4.90 Å². The Morgan fingerprint density at radius 3 is 1.26 bits per heavy atom. The number of hydrogen-bond acceptors (Lipinski definition) is 3. The van der Waals surface area contributed by atoms with Crippen LogP contribution in [-0.2, 0) is 10.8 Å². The standard InChI is InChI=1S/C28H30BrNO4/c1-27(2,3)17-7-11-20(12-8-17)30(21-13-9-18(10-14-21)28(4,5)6)24-22(25(31)32)15-19(29)16-23(24)26(33)34/h7-16H,1-6H3,(H,31,32)(H,33,34). The van der Waals surface area contributed by atoms with Crippen molar-refractivity contribution in [3.05, 3.63) is 87.4 Å². The number of rotatable bonds is 5. The lowest BCUT2D eigenvalue weighted by atomic mass is 9.86. The molecule has 0 bridgehead atoms. The molecule has 0 unspecified atom stereocenters. The van der Waals surface area contributed by atoms with Gasteiger partial charge in [-0.25, -0.2) is 9.59 Å². The lowest BCUT2D eigenvalue weighted by Gasteiger charge is -2.30. The van der Waals surface area contributed by atoms with Gasteiger partial charge in [-0.3, -0.25) is 0 Å². The van der Waals surface area contributed by atoms with E-state index in [9.17, 15) is 19.8 Å². The smallest absolute Gasteiger partial charge is 0.337 e. The number of carboxylic acid groups (broad SMARTS) is 2. The van der Waals surface area contributed by atoms with Crippen LogP contribution in [0.4, 0.5) is 17.1 Å². The molecule has 2 N–H and O–H groups in total. The molecule has 34 heavy (non-hydrogen) atoms. The summed E-state index contributed by atoms with van der Waals surface area (Å²) >= 11 is 3.26. The first-order valence-electron chi connectivity index (χ1n) is 11.0. The number of carbonyl (C=O) groups is 2. The van der Waals surface area contributed by atoms with E-state index in [2.05, 4.69) is 57.5 Å². The van der Waals surface area contributed by atoms with Gasteiger partial charge >= 0.3 is 11.9 Å². The van der Waals surface area contributed by atoms with Gasteiger partial charge in [-0.1, -0.05) is 81.7 Å². The van der Waals surface area contributed by atoms with Gasteiger partial charge < -0.3 is 15.1 Å². The van der Waals surface area contributed by atoms with E-state index < -0.39 is 11.9 Å². The maximum absolute atomic E-state index is 12.2. The molecule has 3 rings (SSSR count). The van der Waals surface area contributed by atoms with Crippen molar-refractivity contribution in [1.82, 2.24) is 0 Å². The molecule has 178 valence electrons. The zero-order valence-electron chi connectivity index (χ0n) is 20.3. The average molecular weight is 524 g/mol. The second-order valence-corrected chi connectivity index (χ2v) is 11.3. The van der Waals surface area contributed by atoms with Gasteiger partial charge in [-0.05, 0) is 58.4 Å². The molecule has 0 aliphatic rings. The predicted molar refractivity (Wildman–Crippen MR) is 140 cm³/mol. The maximum Gasteiger partial charge on any atom is 0.337 e. The van der Waals surface area contributed by atoms with E-state index in [1.807, 2.05) is 48.5 Å². The fourth-order valence-electron chi connectivity index (χ4n) is 3.79. The number of nitrogens with zero attached hydrogens (tertiary/aromatic N) is 1. The van der Waals surface area contributed by atoms with Gasteiger partial charge in [0.05, 0.1) is 16.8 Å². The number of carboxylic acids is 2. The first-order valence-corrected chi connectivity index (χ1v) is 11.8. The van der Waals surface area contributed by atoms with Crippen LogP contribution in [0.2, 0.25) is 0 Å². The van der Waals surface area contributed by atoms with Gasteiger partial charge in [-0.15, -0.1) is 0 Å². The van der Waals surface area contributed by atoms with Crippen LogP contribution in [-0.4, -0.2) is 22.2 Å². The molecule has 5 nitrogen and oxygen atoms in total. The highest BCUT2D eigenvalue weighted by atomic mass is 79.9. The molecule has 0 atom stereocenters. The third-order valence-electron chi connectivity index (χ3n) is 5.74. The molecule has 3 aromatic carbocycles. The summed E-state index contributed by atoms with van der Waals surface area (Å²) in [6.45, 7) is 12.7. The maximum atomic E-state index is 12.2. The largest absolute Gasteiger partial charge is 0.478 e. The van der Waals surface area contributed by atoms with Gasteiger partial charge in [0.1, 0.15) is 0 Å². The zero-order chi connectivity index (χ0) is 25.4. The van der Waals surface area contributed by atoms with E-state index in [4.69, 9.17) is 0 Å². The van der Waals surface area contributed by atoms with E-state index in [0.717, 1.165) is 11.1 Å². The molecule has 3 aromatic rings. The van der Waals surface area contributed by atoms with Gasteiger partial charge in [0.2, 0.25) is 0 Å². The van der Waals surface area contributed by atoms with Crippen LogP contribution in [0.3, 0.4) is 0 Å². The number of benzene rings is 3. The summed E-state index contributed by atoms with van der Waals surface area (Å²) in [5, 5.41) is 20.0. The monoisotopic (exact) mass is 523 g/mol. The van der Waals surface area contributed by atoms with Crippen LogP contribution >= 0.6 is 15.9 Å². The summed E-state index contributed by atoms with van der Waals surface area (Å²) in [6, 6.07) is 18.4. The topological polar surface area (TPSA) is 77.8 Å². The lowest BCUT2D eigenvalue weighted by molar-refractivity contribution is 0.0696. The van der Waals surface area contributed by atoms with Gasteiger partial charge in [0, 0.05) is 15.8 Å². The second kappa shape index (κ2) is 9.26. The lowest BCUT2D eigenvalue weighted by Crippen LogP contribution is -2.19. The Hall–Kier alpha value is -3.12. The highest BCUT2D eigenvalue weighted by Crippen LogP contribution is 2.41. The highest BCUT2D eigenvalue weighted by molar-refractivity contribution is 9.10. The van der Waals surface area contributed by atoms with Crippen molar-refractivity contribution in [3.63, 3.8) is 0 Å². The van der Waals surface area contributed by atoms with Crippen molar-refractivity contribution >= 4 is 44.9 Å². The Bertz CT molecular complexity index is 1120. The number of hydrogen-bond donors (Lipinski definition) is 2. The molecule has 0 radical (unpaired) electrons. The Balaban J connectivity index is 2.33. The van der Waals surface area contributed by atoms with Crippen molar-refractivity contribution in [2.75, 3.05) is 4.90 Å². The quantitative estimate of drug-likeness (QED) is 0.355. The van der Waals surface area contributed by atoms with Gasteiger partial charge in [0.15, 0.2) is 0 Å². The van der Waals surface area contributed by atoms with Crippen LogP contribution in [0.1, 0.15) is 73.4 Å². The van der Waals surface area contributed by atoms with E-state index in [-0.39, 0.29) is 27.6 Å². The van der Waals surface area contributed by atoms with Gasteiger partial charge in [0.25, 0.3) is 0 Å². The third-order valence-corrected chi connectivity index (χ3v) is 6.20. The number of aromatic carboxylic acids is 2. The van der Waals surface area contributed by atoms with Crippen LogP contribution < -0.4 is 4.90 Å². The third kappa shape index (κ3) is 5.33. The summed E-state index contributed by atoms with van der Waals surface area (Å²) in [5.74, 6) is -2.41. The van der Waals surface area contributed by atoms with Crippen LogP contribution in [0.25, 0.3) is 0 Å². The summed E-state index contributed by atoms with van der Waals surface area (Å²) in [5.41, 5.74) is 3.35. The SMILES string of the molecule is CC(C)(C)c1ccc(N(c2ccc(C(C)(C)C)cc2)c2c(C(=O)O)cc(Br)cc2C(=O)O)cc1. The molecule has 0 heterocycles. The Labute approximate surface area is 209 Å². The normalized spacial score (nSPS) is 11.9. The van der Waals surface area contributed by atoms with E-state index in [1.165, 1.54) is 12.1 Å². The Morgan fingerprint density at radius 1 is 0.676 bits per heavy atom. The molecular formula is C28H30BrNO4. The fourth-order valence-corrected chi connectivity index (χ4v) is 4.25. The molecule has 0 spiro atoms. The van der Waals surface area contributed by atoms with Crippen molar-refractivity contribution in [2.45, 2.75) is 52.4 Å². The predicted octanol–water partition coefficient (Wildman–Crippen LogP) is 7.91. The zero-order valence-corrected chi connectivity index (χ0v) is 21.9. The molecule has 0 aliphatic carbocycles. The van der Waals surface area contributed by atoms with Crippen molar-refractivity contribution < 1.29 is 19.8 Å². The molecule has 0 fully saturated rings. The summed E-state index contributed by atoms with van der Waals surface area (Å²) < 4.78 is 0.386. The second-order valence-electron chi connectivity index (χ2n) is 10.4. The minimum absolute atomic E-state index is 0.0617. The van der Waals surface area contributed by atoms with Crippen LogP contribution in [0.15, 0.2) is 65.1 Å². The van der Waals surface area contributed by atoms with Crippen molar-refractivity contribution in [2.24, 2.45) is 0 Å². The van der Waals surface area contributed by atoms with Crippen LogP contribution in [0.5, 0.6) is 0 Å². The highest BCUT2D eigenvalue weighted by Gasteiger charge is 2.27. The Kier molecular flexibility index (Phi) is 6.94. The molecule has 0 saturated carbocycles. The van der Waals surface area contributed by atoms with E-state index in [0.29, 0.717) is 15.8 Å². The minimum atomic E-state index is -1.21. The first-order chi connectivity index (χ1) is 15.7. The number of anilines is 3. The summed E-state index contributed by atoms with van der Waals surface area (Å²) in [7, 11) is 0. The molecular weight excluding hydrogens is 494 g/mol. The Morgan fingerprint density at radius 2 is 1.00 bits per heavy atom. The fraction of sp³-hybridized carbons (Fsp3) is 0.286. The average Bonchev–Trinajstić information content (AvgIpc) is 2.73. The molecule has 0 amide bonds. The summed E-state index contributed by atoms with van der Waals surface area (Å²) in [6.07, 6.45) is 0. The van der Waals surface area contributed by atoms with Crippen molar-refractivity contribution in [1.29, 1.82) is 0 Å². The van der Waals surface area contributed by atoms with Crippen molar-refractivity contribution in [3.8, 4) is 0 Å². The molecule has 0 aromatic heterocycles.